The summed E-state index contributed by atoms with van der Waals surface area (Å²) in [5.74, 6) is 0.664. The number of halogens is 1. The molecule has 0 aliphatic carbocycles. The van der Waals surface area contributed by atoms with Gasteiger partial charge in [0, 0.05) is 43.5 Å². The molecule has 1 aromatic heterocycles. The third kappa shape index (κ3) is 6.41. The van der Waals surface area contributed by atoms with Gasteiger partial charge in [0.1, 0.15) is 10.6 Å². The summed E-state index contributed by atoms with van der Waals surface area (Å²) in [7, 11) is 1.83. The Labute approximate surface area is 215 Å². The number of hydrogen-bond acceptors (Lipinski definition) is 5. The molecular weight excluding hydrogens is 482 g/mol. The van der Waals surface area contributed by atoms with E-state index in [-0.39, 0.29) is 11.8 Å². The Bertz CT molecular complexity index is 1170. The SMILES string of the molecule is Cc1ncsc1C(=O)N1CCC[C@@](COc2cccc(Cl)c2)(CC(=O)N(C)Cc2ccccc2)C1. The average molecular weight is 512 g/mol. The van der Waals surface area contributed by atoms with Gasteiger partial charge in [0.25, 0.3) is 5.91 Å². The van der Waals surface area contributed by atoms with Crippen LogP contribution < -0.4 is 4.74 Å². The Morgan fingerprint density at radius 2 is 2.00 bits per heavy atom. The highest BCUT2D eigenvalue weighted by atomic mass is 35.5. The molecule has 2 aromatic carbocycles. The van der Waals surface area contributed by atoms with Crippen LogP contribution >= 0.6 is 22.9 Å². The minimum absolute atomic E-state index is 0.0260. The molecule has 0 bridgehead atoms. The molecule has 0 N–H and O–H groups in total. The van der Waals surface area contributed by atoms with Gasteiger partial charge in [0.15, 0.2) is 0 Å². The largest absolute Gasteiger partial charge is 0.493 e. The summed E-state index contributed by atoms with van der Waals surface area (Å²) in [6.45, 7) is 3.82. The van der Waals surface area contributed by atoms with Crippen molar-refractivity contribution in [3.05, 3.63) is 81.3 Å². The second kappa shape index (κ2) is 11.2. The van der Waals surface area contributed by atoms with Gasteiger partial charge in [-0.3, -0.25) is 9.59 Å². The normalized spacial score (nSPS) is 17.7. The van der Waals surface area contributed by atoms with Crippen molar-refractivity contribution in [3.8, 4) is 5.75 Å². The van der Waals surface area contributed by atoms with Gasteiger partial charge in [0.05, 0.1) is 17.8 Å². The number of nitrogens with zero attached hydrogens (tertiary/aromatic N) is 3. The van der Waals surface area contributed by atoms with E-state index in [9.17, 15) is 9.59 Å². The van der Waals surface area contributed by atoms with E-state index in [1.165, 1.54) is 11.3 Å². The van der Waals surface area contributed by atoms with Crippen LogP contribution in [0.3, 0.4) is 0 Å². The van der Waals surface area contributed by atoms with E-state index in [4.69, 9.17) is 16.3 Å². The number of carbonyl (C=O) groups excluding carboxylic acids is 2. The Kier molecular flexibility index (Phi) is 8.08. The number of carbonyl (C=O) groups is 2. The highest BCUT2D eigenvalue weighted by Gasteiger charge is 2.41. The molecule has 1 aliphatic heterocycles. The molecule has 8 heteroatoms. The second-order valence-corrected chi connectivity index (χ2v) is 10.5. The van der Waals surface area contributed by atoms with Crippen LogP contribution in [0.1, 0.15) is 40.2 Å². The molecule has 2 heterocycles. The molecule has 1 saturated heterocycles. The van der Waals surface area contributed by atoms with E-state index in [1.807, 2.05) is 61.3 Å². The molecule has 35 heavy (non-hydrogen) atoms. The van der Waals surface area contributed by atoms with E-state index in [0.29, 0.717) is 48.3 Å². The van der Waals surface area contributed by atoms with Gasteiger partial charge in [-0.15, -0.1) is 11.3 Å². The number of thiazole rings is 1. The average Bonchev–Trinajstić information content (AvgIpc) is 3.29. The van der Waals surface area contributed by atoms with E-state index in [2.05, 4.69) is 4.98 Å². The third-order valence-corrected chi connectivity index (χ3v) is 7.60. The number of benzene rings is 2. The number of rotatable bonds is 8. The number of aryl methyl sites for hydroxylation is 1. The standard InChI is InChI=1S/C27H30ClN3O3S/c1-20-25(35-19-29-20)26(33)31-13-7-12-27(17-31,18-34-23-11-6-10-22(28)14-23)15-24(32)30(2)16-21-8-4-3-5-9-21/h3-6,8-11,14,19H,7,12-13,15-18H2,1-2H3/t27-/m1/s1. The highest BCUT2D eigenvalue weighted by Crippen LogP contribution is 2.36. The fraction of sp³-hybridized carbons (Fsp3) is 0.370. The number of amides is 2. The first kappa shape index (κ1) is 25.2. The Hall–Kier alpha value is -2.90. The zero-order valence-corrected chi connectivity index (χ0v) is 21.6. The van der Waals surface area contributed by atoms with Crippen molar-refractivity contribution < 1.29 is 14.3 Å². The Balaban J connectivity index is 1.53. The van der Waals surface area contributed by atoms with Crippen molar-refractivity contribution in [2.24, 2.45) is 5.41 Å². The highest BCUT2D eigenvalue weighted by molar-refractivity contribution is 7.11. The lowest BCUT2D eigenvalue weighted by Gasteiger charge is -2.42. The molecule has 3 aromatic rings. The Morgan fingerprint density at radius 3 is 2.71 bits per heavy atom. The summed E-state index contributed by atoms with van der Waals surface area (Å²) >= 11 is 7.50. The van der Waals surface area contributed by atoms with Crippen molar-refractivity contribution in [1.29, 1.82) is 0 Å². The smallest absolute Gasteiger partial charge is 0.265 e. The molecule has 1 atom stereocenters. The monoisotopic (exact) mass is 511 g/mol. The van der Waals surface area contributed by atoms with Crippen LogP contribution in [0.15, 0.2) is 60.1 Å². The fourth-order valence-electron chi connectivity index (χ4n) is 4.54. The van der Waals surface area contributed by atoms with Gasteiger partial charge in [-0.25, -0.2) is 4.98 Å². The number of ether oxygens (including phenoxy) is 1. The lowest BCUT2D eigenvalue weighted by molar-refractivity contribution is -0.134. The topological polar surface area (TPSA) is 62.7 Å². The molecule has 0 spiro atoms. The first-order valence-electron chi connectivity index (χ1n) is 11.7. The number of likely N-dealkylation sites (tertiary alicyclic amines) is 1. The minimum atomic E-state index is -0.503. The molecule has 0 radical (unpaired) electrons. The van der Waals surface area contributed by atoms with Crippen LogP contribution in [0, 0.1) is 12.3 Å². The number of hydrogen-bond donors (Lipinski definition) is 0. The maximum absolute atomic E-state index is 13.4. The van der Waals surface area contributed by atoms with Crippen LogP contribution in [-0.2, 0) is 11.3 Å². The van der Waals surface area contributed by atoms with Crippen molar-refractivity contribution in [2.45, 2.75) is 32.7 Å². The van der Waals surface area contributed by atoms with Gasteiger partial charge in [-0.1, -0.05) is 48.0 Å². The predicted molar refractivity (Wildman–Crippen MR) is 139 cm³/mol. The Morgan fingerprint density at radius 1 is 1.20 bits per heavy atom. The first-order valence-corrected chi connectivity index (χ1v) is 13.0. The first-order chi connectivity index (χ1) is 16.8. The summed E-state index contributed by atoms with van der Waals surface area (Å²) in [5, 5.41) is 0.594. The van der Waals surface area contributed by atoms with Gasteiger partial charge < -0.3 is 14.5 Å². The molecule has 6 nitrogen and oxygen atoms in total. The van der Waals surface area contributed by atoms with Crippen molar-refractivity contribution in [1.82, 2.24) is 14.8 Å². The summed E-state index contributed by atoms with van der Waals surface area (Å²) < 4.78 is 6.17. The lowest BCUT2D eigenvalue weighted by Crippen LogP contribution is -2.50. The fourth-order valence-corrected chi connectivity index (χ4v) is 5.49. The summed E-state index contributed by atoms with van der Waals surface area (Å²) in [6.07, 6.45) is 1.89. The van der Waals surface area contributed by atoms with Crippen LogP contribution in [0.4, 0.5) is 0 Å². The van der Waals surface area contributed by atoms with Crippen molar-refractivity contribution in [2.75, 3.05) is 26.7 Å². The minimum Gasteiger partial charge on any atom is -0.493 e. The quantitative estimate of drug-likeness (QED) is 0.403. The van der Waals surface area contributed by atoms with Gasteiger partial charge >= 0.3 is 0 Å². The van der Waals surface area contributed by atoms with Crippen molar-refractivity contribution in [3.63, 3.8) is 0 Å². The molecular formula is C27H30ClN3O3S. The number of piperidine rings is 1. The molecule has 0 unspecified atom stereocenters. The zero-order valence-electron chi connectivity index (χ0n) is 20.1. The van der Waals surface area contributed by atoms with Crippen LogP contribution in [0.5, 0.6) is 5.75 Å². The van der Waals surface area contributed by atoms with E-state index in [0.717, 1.165) is 24.1 Å². The second-order valence-electron chi connectivity index (χ2n) is 9.26. The predicted octanol–water partition coefficient (Wildman–Crippen LogP) is 5.46. The zero-order chi connectivity index (χ0) is 24.8. The lowest BCUT2D eigenvalue weighted by atomic mass is 9.77. The molecule has 1 fully saturated rings. The van der Waals surface area contributed by atoms with E-state index in [1.54, 1.807) is 22.5 Å². The third-order valence-electron chi connectivity index (χ3n) is 6.44. The van der Waals surface area contributed by atoms with E-state index >= 15 is 0 Å². The molecule has 1 aliphatic rings. The maximum Gasteiger partial charge on any atom is 0.265 e. The van der Waals surface area contributed by atoms with Crippen LogP contribution in [0.2, 0.25) is 5.02 Å². The maximum atomic E-state index is 13.4. The molecule has 184 valence electrons. The van der Waals surface area contributed by atoms with Gasteiger partial charge in [0.2, 0.25) is 5.91 Å². The van der Waals surface area contributed by atoms with Gasteiger partial charge in [-0.2, -0.15) is 0 Å². The molecule has 0 saturated carbocycles. The molecule has 2 amide bonds. The van der Waals surface area contributed by atoms with Gasteiger partial charge in [-0.05, 0) is 43.5 Å². The van der Waals surface area contributed by atoms with E-state index < -0.39 is 5.41 Å². The van der Waals surface area contributed by atoms with Crippen LogP contribution in [0.25, 0.3) is 0 Å². The summed E-state index contributed by atoms with van der Waals surface area (Å²) in [4.78, 5) is 35.2. The van der Waals surface area contributed by atoms with Crippen LogP contribution in [-0.4, -0.2) is 53.3 Å². The summed E-state index contributed by atoms with van der Waals surface area (Å²) in [6, 6.07) is 17.2. The number of aromatic nitrogens is 1. The molecule has 4 rings (SSSR count). The summed E-state index contributed by atoms with van der Waals surface area (Å²) in [5.41, 5.74) is 3.01. The van der Waals surface area contributed by atoms with Crippen molar-refractivity contribution >= 4 is 34.8 Å².